The first kappa shape index (κ1) is 14.8. The lowest BCUT2D eigenvalue weighted by molar-refractivity contribution is 0.569. The summed E-state index contributed by atoms with van der Waals surface area (Å²) in [7, 11) is -3.67. The zero-order valence-electron chi connectivity index (χ0n) is 10.4. The van der Waals surface area contributed by atoms with E-state index in [0.29, 0.717) is 13.0 Å². The van der Waals surface area contributed by atoms with E-state index in [0.717, 1.165) is 12.3 Å². The first-order valence-electron chi connectivity index (χ1n) is 5.83. The van der Waals surface area contributed by atoms with Gasteiger partial charge in [0.05, 0.1) is 11.2 Å². The van der Waals surface area contributed by atoms with Gasteiger partial charge >= 0.3 is 0 Å². The minimum absolute atomic E-state index is 0.0651. The standard InChI is InChI=1S/C11H13ClN4O3S/c12-10-6-9(7-14-11(10)17)20(18,19)15-2-1-4-16-5-3-13-8-16/h3,5-8,15H,1-2,4H2,(H,14,17). The smallest absolute Gasteiger partial charge is 0.266 e. The number of pyridine rings is 1. The van der Waals surface area contributed by atoms with Crippen LogP contribution in [0.3, 0.4) is 0 Å². The first-order chi connectivity index (χ1) is 9.49. The van der Waals surface area contributed by atoms with E-state index in [1.54, 1.807) is 18.7 Å². The number of aromatic nitrogens is 3. The number of halogens is 1. The van der Waals surface area contributed by atoms with Crippen LogP contribution >= 0.6 is 11.6 Å². The molecule has 0 aliphatic carbocycles. The molecule has 0 bridgehead atoms. The second-order valence-corrected chi connectivity index (χ2v) is 6.24. The fraction of sp³-hybridized carbons (Fsp3) is 0.273. The van der Waals surface area contributed by atoms with Crippen LogP contribution in [0.4, 0.5) is 0 Å². The fourth-order valence-corrected chi connectivity index (χ4v) is 2.87. The van der Waals surface area contributed by atoms with Crippen molar-refractivity contribution in [3.8, 4) is 0 Å². The van der Waals surface area contributed by atoms with Gasteiger partial charge in [-0.15, -0.1) is 0 Å². The fourth-order valence-electron chi connectivity index (χ4n) is 1.56. The largest absolute Gasteiger partial charge is 0.337 e. The average molecular weight is 317 g/mol. The molecule has 7 nitrogen and oxygen atoms in total. The van der Waals surface area contributed by atoms with Gasteiger partial charge < -0.3 is 9.55 Å². The second-order valence-electron chi connectivity index (χ2n) is 4.06. The Kier molecular flexibility index (Phi) is 4.58. The van der Waals surface area contributed by atoms with Crippen molar-refractivity contribution < 1.29 is 8.42 Å². The van der Waals surface area contributed by atoms with Crippen LogP contribution in [0, 0.1) is 0 Å². The number of H-pyrrole nitrogens is 1. The van der Waals surface area contributed by atoms with Crippen LogP contribution in [0.2, 0.25) is 5.02 Å². The maximum atomic E-state index is 11.9. The quantitative estimate of drug-likeness (QED) is 0.762. The van der Waals surface area contributed by atoms with Gasteiger partial charge in [0.1, 0.15) is 5.02 Å². The first-order valence-corrected chi connectivity index (χ1v) is 7.69. The molecule has 20 heavy (non-hydrogen) atoms. The number of hydrogen-bond acceptors (Lipinski definition) is 4. The van der Waals surface area contributed by atoms with Crippen molar-refractivity contribution in [2.24, 2.45) is 0 Å². The summed E-state index contributed by atoms with van der Waals surface area (Å²) in [5, 5.41) is -0.161. The molecule has 9 heteroatoms. The molecular weight excluding hydrogens is 304 g/mol. The third-order valence-electron chi connectivity index (χ3n) is 2.59. The molecule has 2 N–H and O–H groups in total. The summed E-state index contributed by atoms with van der Waals surface area (Å²) in [4.78, 5) is 17.2. The Labute approximate surface area is 120 Å². The van der Waals surface area contributed by atoms with E-state index in [1.807, 2.05) is 4.57 Å². The molecule has 2 heterocycles. The molecule has 0 aromatic carbocycles. The lowest BCUT2D eigenvalue weighted by Crippen LogP contribution is -2.26. The molecule has 0 radical (unpaired) electrons. The predicted molar refractivity (Wildman–Crippen MR) is 74.1 cm³/mol. The van der Waals surface area contributed by atoms with Gasteiger partial charge in [-0.3, -0.25) is 4.79 Å². The third-order valence-corrected chi connectivity index (χ3v) is 4.31. The van der Waals surface area contributed by atoms with Gasteiger partial charge in [0.25, 0.3) is 5.56 Å². The van der Waals surface area contributed by atoms with Crippen molar-refractivity contribution in [1.82, 2.24) is 19.3 Å². The molecule has 2 aromatic heterocycles. The van der Waals surface area contributed by atoms with Crippen molar-refractivity contribution in [3.05, 3.63) is 46.4 Å². The Hall–Kier alpha value is -1.64. The summed E-state index contributed by atoms with van der Waals surface area (Å²) in [6, 6.07) is 1.12. The van der Waals surface area contributed by atoms with E-state index in [2.05, 4.69) is 14.7 Å². The van der Waals surface area contributed by atoms with Crippen LogP contribution in [0.25, 0.3) is 0 Å². The Morgan fingerprint density at radius 2 is 2.25 bits per heavy atom. The number of rotatable bonds is 6. The van der Waals surface area contributed by atoms with Gasteiger partial charge in [-0.25, -0.2) is 18.1 Å². The molecule has 0 saturated carbocycles. The third kappa shape index (κ3) is 3.69. The highest BCUT2D eigenvalue weighted by Crippen LogP contribution is 2.10. The molecule has 0 aliphatic rings. The van der Waals surface area contributed by atoms with Crippen molar-refractivity contribution in [3.63, 3.8) is 0 Å². The molecule has 0 amide bonds. The molecule has 0 atom stereocenters. The predicted octanol–water partition coefficient (Wildman–Crippen LogP) is 0.593. The van der Waals surface area contributed by atoms with Crippen LogP contribution in [0.5, 0.6) is 0 Å². The van der Waals surface area contributed by atoms with Gasteiger partial charge in [0, 0.05) is 31.7 Å². The Morgan fingerprint density at radius 1 is 1.45 bits per heavy atom. The zero-order chi connectivity index (χ0) is 14.6. The molecule has 108 valence electrons. The van der Waals surface area contributed by atoms with Gasteiger partial charge in [-0.2, -0.15) is 0 Å². The number of nitrogens with one attached hydrogen (secondary N) is 2. The summed E-state index contributed by atoms with van der Waals surface area (Å²) in [6.45, 7) is 0.937. The normalized spacial score (nSPS) is 11.7. The Morgan fingerprint density at radius 3 is 2.90 bits per heavy atom. The lowest BCUT2D eigenvalue weighted by atomic mass is 10.4. The summed E-state index contributed by atoms with van der Waals surface area (Å²) >= 11 is 5.60. The van der Waals surface area contributed by atoms with Crippen molar-refractivity contribution in [1.29, 1.82) is 0 Å². The van der Waals surface area contributed by atoms with Crippen molar-refractivity contribution in [2.75, 3.05) is 6.54 Å². The highest BCUT2D eigenvalue weighted by atomic mass is 35.5. The Bertz CT molecular complexity index is 724. The molecular formula is C11H13ClN4O3S. The van der Waals surface area contributed by atoms with Crippen molar-refractivity contribution >= 4 is 21.6 Å². The number of hydrogen-bond donors (Lipinski definition) is 2. The van der Waals surface area contributed by atoms with Gasteiger partial charge in [0.15, 0.2) is 0 Å². The maximum Gasteiger partial charge on any atom is 0.266 e. The minimum Gasteiger partial charge on any atom is -0.337 e. The van der Waals surface area contributed by atoms with E-state index < -0.39 is 15.6 Å². The van der Waals surface area contributed by atoms with Crippen LogP contribution in [-0.4, -0.2) is 29.5 Å². The van der Waals surface area contributed by atoms with E-state index in [-0.39, 0.29) is 16.5 Å². The van der Waals surface area contributed by atoms with Crippen LogP contribution in [0.15, 0.2) is 40.7 Å². The van der Waals surface area contributed by atoms with Crippen LogP contribution in [-0.2, 0) is 16.6 Å². The van der Waals surface area contributed by atoms with Gasteiger partial charge in [-0.05, 0) is 12.5 Å². The van der Waals surface area contributed by atoms with Crippen LogP contribution < -0.4 is 10.3 Å². The number of sulfonamides is 1. The number of nitrogens with zero attached hydrogens (tertiary/aromatic N) is 2. The second kappa shape index (κ2) is 6.21. The molecule has 2 rings (SSSR count). The highest BCUT2D eigenvalue weighted by molar-refractivity contribution is 7.89. The average Bonchev–Trinajstić information content (AvgIpc) is 2.91. The lowest BCUT2D eigenvalue weighted by Gasteiger charge is -2.07. The highest BCUT2D eigenvalue weighted by Gasteiger charge is 2.14. The molecule has 0 aliphatic heterocycles. The van der Waals surface area contributed by atoms with E-state index in [1.165, 1.54) is 0 Å². The van der Waals surface area contributed by atoms with Crippen LogP contribution in [0.1, 0.15) is 6.42 Å². The monoisotopic (exact) mass is 316 g/mol. The summed E-state index contributed by atoms with van der Waals surface area (Å²) in [5.74, 6) is 0. The van der Waals surface area contributed by atoms with Gasteiger partial charge in [0.2, 0.25) is 10.0 Å². The minimum atomic E-state index is -3.67. The number of aryl methyl sites for hydroxylation is 1. The summed E-state index contributed by atoms with van der Waals surface area (Å²) < 4.78 is 28.2. The molecule has 0 spiro atoms. The van der Waals surface area contributed by atoms with Crippen molar-refractivity contribution in [2.45, 2.75) is 17.9 Å². The molecule has 2 aromatic rings. The molecule has 0 fully saturated rings. The number of aromatic amines is 1. The van der Waals surface area contributed by atoms with E-state index in [9.17, 15) is 13.2 Å². The van der Waals surface area contributed by atoms with E-state index >= 15 is 0 Å². The Balaban J connectivity index is 1.93. The molecule has 0 saturated heterocycles. The van der Waals surface area contributed by atoms with E-state index in [4.69, 9.17) is 11.6 Å². The SMILES string of the molecule is O=c1[nH]cc(S(=O)(=O)NCCCn2ccnc2)cc1Cl. The topological polar surface area (TPSA) is 96.9 Å². The number of imidazole rings is 1. The summed E-state index contributed by atoms with van der Waals surface area (Å²) in [6.07, 6.45) is 6.86. The van der Waals surface area contributed by atoms with Gasteiger partial charge in [-0.1, -0.05) is 11.6 Å². The maximum absolute atomic E-state index is 11.9. The zero-order valence-corrected chi connectivity index (χ0v) is 12.0. The summed E-state index contributed by atoms with van der Waals surface area (Å²) in [5.41, 5.74) is -0.522. The molecule has 0 unspecified atom stereocenters.